The molecular formula is C22H38N2S2. The van der Waals surface area contributed by atoms with Gasteiger partial charge in [-0.1, -0.05) is 90.9 Å². The van der Waals surface area contributed by atoms with Crippen LogP contribution in [0.25, 0.3) is 0 Å². The van der Waals surface area contributed by atoms with Crippen LogP contribution in [0.4, 0.5) is 0 Å². The smallest absolute Gasteiger partial charge is 0.149 e. The highest BCUT2D eigenvalue weighted by atomic mass is 32.2. The fourth-order valence-corrected chi connectivity index (χ4v) is 5.12. The molecule has 0 saturated heterocycles. The summed E-state index contributed by atoms with van der Waals surface area (Å²) < 4.78 is 0.951. The molecule has 0 aromatic carbocycles. The quantitative estimate of drug-likeness (QED) is 0.173. The molecule has 148 valence electrons. The van der Waals surface area contributed by atoms with Crippen molar-refractivity contribution in [2.24, 2.45) is 0 Å². The highest BCUT2D eigenvalue weighted by molar-refractivity contribution is 8.22. The number of hydrogen-bond acceptors (Lipinski definition) is 4. The summed E-state index contributed by atoms with van der Waals surface area (Å²) in [4.78, 5) is 0. The number of thioether (sulfide) groups is 2. The van der Waals surface area contributed by atoms with Gasteiger partial charge >= 0.3 is 0 Å². The van der Waals surface area contributed by atoms with Gasteiger partial charge in [0.1, 0.15) is 17.7 Å². The summed E-state index contributed by atoms with van der Waals surface area (Å²) in [6.07, 6.45) is 18.2. The Hall–Kier alpha value is -0.580. The average Bonchev–Trinajstić information content (AvgIpc) is 2.66. The fourth-order valence-electron chi connectivity index (χ4n) is 2.75. The van der Waals surface area contributed by atoms with E-state index in [9.17, 15) is 10.5 Å². The Morgan fingerprint density at radius 1 is 0.577 bits per heavy atom. The van der Waals surface area contributed by atoms with E-state index in [-0.39, 0.29) is 0 Å². The zero-order valence-corrected chi connectivity index (χ0v) is 18.7. The molecule has 4 heteroatoms. The first-order valence-electron chi connectivity index (χ1n) is 10.6. The first-order chi connectivity index (χ1) is 12.8. The van der Waals surface area contributed by atoms with Crippen LogP contribution in [0.15, 0.2) is 9.81 Å². The van der Waals surface area contributed by atoms with E-state index < -0.39 is 0 Å². The Kier molecular flexibility index (Phi) is 20.3. The van der Waals surface area contributed by atoms with E-state index in [1.807, 2.05) is 0 Å². The lowest BCUT2D eigenvalue weighted by atomic mass is 10.1. The molecule has 0 fully saturated rings. The van der Waals surface area contributed by atoms with Gasteiger partial charge in [-0.05, 0) is 24.3 Å². The summed E-state index contributed by atoms with van der Waals surface area (Å²) in [5, 5.41) is 18.4. The minimum atomic E-state index is 0.311. The summed E-state index contributed by atoms with van der Waals surface area (Å²) in [5.41, 5.74) is 0.311. The van der Waals surface area contributed by atoms with Crippen LogP contribution in [-0.4, -0.2) is 11.5 Å². The molecular weight excluding hydrogens is 356 g/mol. The van der Waals surface area contributed by atoms with Crippen molar-refractivity contribution in [2.45, 2.75) is 104 Å². The van der Waals surface area contributed by atoms with E-state index in [0.29, 0.717) is 5.57 Å². The predicted molar refractivity (Wildman–Crippen MR) is 119 cm³/mol. The number of allylic oxidation sites excluding steroid dienone is 1. The SMILES string of the molecule is CCCCCCCCCSC(SCCCCCCCCC)=C(C#N)C#N. The lowest BCUT2D eigenvalue weighted by Crippen LogP contribution is -1.88. The van der Waals surface area contributed by atoms with Gasteiger partial charge in [0.05, 0.1) is 4.24 Å². The topological polar surface area (TPSA) is 47.6 Å². The van der Waals surface area contributed by atoms with E-state index >= 15 is 0 Å². The van der Waals surface area contributed by atoms with Gasteiger partial charge in [0.25, 0.3) is 0 Å². The second-order valence-corrected chi connectivity index (χ2v) is 9.29. The van der Waals surface area contributed by atoms with Crippen molar-refractivity contribution in [3.63, 3.8) is 0 Å². The molecule has 0 rings (SSSR count). The van der Waals surface area contributed by atoms with Crippen LogP contribution in [0.2, 0.25) is 0 Å². The van der Waals surface area contributed by atoms with Gasteiger partial charge < -0.3 is 0 Å². The first-order valence-corrected chi connectivity index (χ1v) is 12.6. The minimum absolute atomic E-state index is 0.311. The molecule has 0 aliphatic rings. The molecule has 0 bridgehead atoms. The minimum Gasteiger partial charge on any atom is -0.192 e. The molecule has 26 heavy (non-hydrogen) atoms. The van der Waals surface area contributed by atoms with Crippen molar-refractivity contribution in [2.75, 3.05) is 11.5 Å². The predicted octanol–water partition coefficient (Wildman–Crippen LogP) is 8.21. The Balaban J connectivity index is 3.93. The zero-order valence-electron chi connectivity index (χ0n) is 17.0. The number of rotatable bonds is 18. The molecule has 0 N–H and O–H groups in total. The maximum absolute atomic E-state index is 9.19. The number of hydrogen-bond donors (Lipinski definition) is 0. The number of nitrogens with zero attached hydrogens (tertiary/aromatic N) is 2. The molecule has 0 aliphatic carbocycles. The van der Waals surface area contributed by atoms with Crippen LogP contribution in [-0.2, 0) is 0 Å². The summed E-state index contributed by atoms with van der Waals surface area (Å²) in [6, 6.07) is 4.16. The third-order valence-corrected chi connectivity index (χ3v) is 7.02. The van der Waals surface area contributed by atoms with Crippen LogP contribution in [0, 0.1) is 22.7 Å². The van der Waals surface area contributed by atoms with E-state index in [1.165, 1.54) is 89.9 Å². The third kappa shape index (κ3) is 15.7. The third-order valence-electron chi connectivity index (χ3n) is 4.39. The number of unbranched alkanes of at least 4 members (excludes halogenated alkanes) is 12. The van der Waals surface area contributed by atoms with E-state index in [0.717, 1.165) is 15.7 Å². The molecule has 0 heterocycles. The monoisotopic (exact) mass is 394 g/mol. The van der Waals surface area contributed by atoms with E-state index in [2.05, 4.69) is 26.0 Å². The second kappa shape index (κ2) is 20.7. The summed E-state index contributed by atoms with van der Waals surface area (Å²) in [5.74, 6) is 2.06. The van der Waals surface area contributed by atoms with Crippen molar-refractivity contribution >= 4 is 23.5 Å². The Bertz CT molecular complexity index is 394. The van der Waals surface area contributed by atoms with Crippen molar-refractivity contribution in [3.05, 3.63) is 9.81 Å². The normalized spacial score (nSPS) is 10.3. The van der Waals surface area contributed by atoms with Gasteiger partial charge in [0.15, 0.2) is 0 Å². The Morgan fingerprint density at radius 3 is 1.27 bits per heavy atom. The van der Waals surface area contributed by atoms with Crippen molar-refractivity contribution in [1.29, 1.82) is 10.5 Å². The maximum atomic E-state index is 9.19. The molecule has 0 unspecified atom stereocenters. The lowest BCUT2D eigenvalue weighted by molar-refractivity contribution is 0.603. The molecule has 0 aromatic rings. The molecule has 2 nitrogen and oxygen atoms in total. The van der Waals surface area contributed by atoms with Gasteiger partial charge in [-0.15, -0.1) is 23.5 Å². The standard InChI is InChI=1S/C22H38N2S2/c1-3-5-7-9-11-13-15-17-25-22(21(19-23)20-24)26-18-16-14-12-10-8-6-4-2/h3-18H2,1-2H3. The van der Waals surface area contributed by atoms with Gasteiger partial charge in [0, 0.05) is 0 Å². The van der Waals surface area contributed by atoms with Crippen molar-refractivity contribution in [3.8, 4) is 12.1 Å². The Labute approximate surface area is 171 Å². The van der Waals surface area contributed by atoms with Gasteiger partial charge in [-0.3, -0.25) is 0 Å². The summed E-state index contributed by atoms with van der Waals surface area (Å²) in [6.45, 7) is 4.49. The largest absolute Gasteiger partial charge is 0.192 e. The molecule has 0 saturated carbocycles. The molecule has 0 aromatic heterocycles. The fraction of sp³-hybridized carbons (Fsp3) is 0.818. The highest BCUT2D eigenvalue weighted by Crippen LogP contribution is 2.33. The summed E-state index contributed by atoms with van der Waals surface area (Å²) in [7, 11) is 0. The van der Waals surface area contributed by atoms with Crippen LogP contribution < -0.4 is 0 Å². The molecule has 0 spiro atoms. The van der Waals surface area contributed by atoms with Gasteiger partial charge in [-0.25, -0.2) is 0 Å². The second-order valence-electron chi connectivity index (χ2n) is 6.83. The van der Waals surface area contributed by atoms with Crippen molar-refractivity contribution in [1.82, 2.24) is 0 Å². The summed E-state index contributed by atoms with van der Waals surface area (Å²) >= 11 is 3.44. The number of nitriles is 2. The zero-order chi connectivity index (χ0) is 19.3. The maximum Gasteiger partial charge on any atom is 0.149 e. The van der Waals surface area contributed by atoms with Crippen LogP contribution >= 0.6 is 23.5 Å². The average molecular weight is 395 g/mol. The Morgan fingerprint density at radius 2 is 0.923 bits per heavy atom. The highest BCUT2D eigenvalue weighted by Gasteiger charge is 2.08. The first kappa shape index (κ1) is 25.4. The van der Waals surface area contributed by atoms with Crippen molar-refractivity contribution < 1.29 is 0 Å². The van der Waals surface area contributed by atoms with E-state index in [4.69, 9.17) is 0 Å². The van der Waals surface area contributed by atoms with E-state index in [1.54, 1.807) is 23.5 Å². The van der Waals surface area contributed by atoms with Crippen LogP contribution in [0.3, 0.4) is 0 Å². The molecule has 0 amide bonds. The van der Waals surface area contributed by atoms with Gasteiger partial charge in [-0.2, -0.15) is 10.5 Å². The molecule has 0 aliphatic heterocycles. The van der Waals surface area contributed by atoms with Gasteiger partial charge in [0.2, 0.25) is 0 Å². The molecule has 0 atom stereocenters. The lowest BCUT2D eigenvalue weighted by Gasteiger charge is -2.07. The van der Waals surface area contributed by atoms with Crippen LogP contribution in [0.1, 0.15) is 104 Å². The van der Waals surface area contributed by atoms with Crippen LogP contribution in [0.5, 0.6) is 0 Å². The molecule has 0 radical (unpaired) electrons.